The second kappa shape index (κ2) is 4.87. The van der Waals surface area contributed by atoms with E-state index in [0.29, 0.717) is 11.6 Å². The van der Waals surface area contributed by atoms with Gasteiger partial charge in [0.15, 0.2) is 5.78 Å². The molecule has 1 aromatic carbocycles. The van der Waals surface area contributed by atoms with Crippen molar-refractivity contribution in [3.8, 4) is 0 Å². The van der Waals surface area contributed by atoms with Crippen LogP contribution in [0.1, 0.15) is 39.2 Å². The third kappa shape index (κ3) is 3.01. The van der Waals surface area contributed by atoms with E-state index in [-0.39, 0.29) is 5.78 Å². The number of benzene rings is 1. The largest absolute Gasteiger partial charge is 0.293 e. The molecule has 0 fully saturated rings. The summed E-state index contributed by atoms with van der Waals surface area (Å²) >= 11 is 0. The summed E-state index contributed by atoms with van der Waals surface area (Å²) in [5.41, 5.74) is 2.64. The minimum Gasteiger partial charge on any atom is -0.293 e. The summed E-state index contributed by atoms with van der Waals surface area (Å²) < 4.78 is 0. The van der Waals surface area contributed by atoms with Crippen LogP contribution in [0.2, 0.25) is 0 Å². The molecule has 0 amide bonds. The molecular weight excluding hydrogens is 186 g/mol. The third-order valence-corrected chi connectivity index (χ3v) is 2.36. The van der Waals surface area contributed by atoms with E-state index in [1.54, 1.807) is 6.92 Å². The smallest absolute Gasteiger partial charge is 0.173 e. The lowest BCUT2D eigenvalue weighted by atomic mass is 10.0. The molecule has 1 rings (SSSR count). The Bertz CT molecular complexity index is 391. The number of Topliss-reactive ketones (excluding diaryl/α,β-unsaturated/α-hetero) is 1. The molecule has 2 nitrogen and oxygen atoms in total. The highest BCUT2D eigenvalue weighted by Gasteiger charge is 2.06. The average molecular weight is 203 g/mol. The number of ketones is 1. The minimum atomic E-state index is 0.0218. The van der Waals surface area contributed by atoms with Crippen LogP contribution in [-0.2, 0) is 4.79 Å². The summed E-state index contributed by atoms with van der Waals surface area (Å²) in [6.45, 7) is 7.53. The summed E-state index contributed by atoms with van der Waals surface area (Å²) in [5, 5.41) is 0. The monoisotopic (exact) mass is 203 g/mol. The van der Waals surface area contributed by atoms with Crippen molar-refractivity contribution in [2.24, 2.45) is 4.99 Å². The first-order chi connectivity index (χ1) is 7.02. The van der Waals surface area contributed by atoms with E-state index in [9.17, 15) is 4.79 Å². The number of hydrogen-bond donors (Lipinski definition) is 0. The zero-order valence-electron chi connectivity index (χ0n) is 9.74. The Morgan fingerprint density at radius 2 is 1.80 bits per heavy atom. The maximum absolute atomic E-state index is 11.1. The SMILES string of the molecule is CC(=O)C(C)=Nc1ccccc1C(C)C. The third-order valence-electron chi connectivity index (χ3n) is 2.36. The molecule has 0 saturated carbocycles. The number of nitrogens with zero attached hydrogens (tertiary/aromatic N) is 1. The van der Waals surface area contributed by atoms with Gasteiger partial charge in [0.05, 0.1) is 11.4 Å². The number of hydrogen-bond acceptors (Lipinski definition) is 2. The Morgan fingerprint density at radius 3 is 2.33 bits per heavy atom. The molecule has 0 atom stereocenters. The number of carbonyl (C=O) groups is 1. The molecule has 2 heteroatoms. The van der Waals surface area contributed by atoms with Gasteiger partial charge >= 0.3 is 0 Å². The molecule has 0 aliphatic carbocycles. The molecule has 0 N–H and O–H groups in total. The van der Waals surface area contributed by atoms with Crippen LogP contribution in [0, 0.1) is 0 Å². The van der Waals surface area contributed by atoms with Crippen molar-refractivity contribution in [2.75, 3.05) is 0 Å². The van der Waals surface area contributed by atoms with Gasteiger partial charge < -0.3 is 0 Å². The number of aliphatic imine (C=N–C) groups is 1. The van der Waals surface area contributed by atoms with Gasteiger partial charge in [0.1, 0.15) is 0 Å². The number of para-hydroxylation sites is 1. The van der Waals surface area contributed by atoms with Gasteiger partial charge in [0, 0.05) is 6.92 Å². The summed E-state index contributed by atoms with van der Waals surface area (Å²) in [4.78, 5) is 15.4. The molecule has 0 spiro atoms. The van der Waals surface area contributed by atoms with Crippen LogP contribution in [0.4, 0.5) is 5.69 Å². The maximum Gasteiger partial charge on any atom is 0.173 e. The molecule has 80 valence electrons. The first-order valence-electron chi connectivity index (χ1n) is 5.17. The van der Waals surface area contributed by atoms with Crippen LogP contribution in [0.3, 0.4) is 0 Å². The van der Waals surface area contributed by atoms with Crippen molar-refractivity contribution in [1.29, 1.82) is 0 Å². The van der Waals surface area contributed by atoms with E-state index in [4.69, 9.17) is 0 Å². The van der Waals surface area contributed by atoms with Crippen LogP contribution < -0.4 is 0 Å². The highest BCUT2D eigenvalue weighted by atomic mass is 16.1. The zero-order valence-corrected chi connectivity index (χ0v) is 9.74. The fourth-order valence-corrected chi connectivity index (χ4v) is 1.34. The maximum atomic E-state index is 11.1. The predicted molar refractivity (Wildman–Crippen MR) is 64.0 cm³/mol. The van der Waals surface area contributed by atoms with E-state index < -0.39 is 0 Å². The van der Waals surface area contributed by atoms with Crippen molar-refractivity contribution in [1.82, 2.24) is 0 Å². The summed E-state index contributed by atoms with van der Waals surface area (Å²) in [6, 6.07) is 7.94. The lowest BCUT2D eigenvalue weighted by Gasteiger charge is -2.08. The number of rotatable bonds is 3. The molecule has 1 aromatic rings. The summed E-state index contributed by atoms with van der Waals surface area (Å²) in [7, 11) is 0. The highest BCUT2D eigenvalue weighted by molar-refractivity contribution is 6.38. The molecule has 15 heavy (non-hydrogen) atoms. The standard InChI is InChI=1S/C13H17NO/c1-9(2)12-7-5-6-8-13(12)14-10(3)11(4)15/h5-9H,1-4H3. The zero-order chi connectivity index (χ0) is 11.4. The van der Waals surface area contributed by atoms with Gasteiger partial charge in [-0.15, -0.1) is 0 Å². The van der Waals surface area contributed by atoms with Crippen LogP contribution in [-0.4, -0.2) is 11.5 Å². The molecule has 0 radical (unpaired) electrons. The van der Waals surface area contributed by atoms with E-state index in [0.717, 1.165) is 5.69 Å². The summed E-state index contributed by atoms with van der Waals surface area (Å²) in [6.07, 6.45) is 0. The van der Waals surface area contributed by atoms with Gasteiger partial charge in [-0.3, -0.25) is 4.79 Å². The second-order valence-corrected chi connectivity index (χ2v) is 3.97. The van der Waals surface area contributed by atoms with Crippen LogP contribution in [0.5, 0.6) is 0 Å². The number of carbonyl (C=O) groups excluding carboxylic acids is 1. The first kappa shape index (κ1) is 11.6. The van der Waals surface area contributed by atoms with Crippen molar-refractivity contribution in [3.63, 3.8) is 0 Å². The lowest BCUT2D eigenvalue weighted by molar-refractivity contribution is -0.111. The molecule has 0 aliphatic rings. The first-order valence-corrected chi connectivity index (χ1v) is 5.17. The van der Waals surface area contributed by atoms with Gasteiger partial charge in [0.2, 0.25) is 0 Å². The van der Waals surface area contributed by atoms with E-state index in [2.05, 4.69) is 24.9 Å². The van der Waals surface area contributed by atoms with Crippen LogP contribution in [0.15, 0.2) is 29.3 Å². The Labute approximate surface area is 91.0 Å². The van der Waals surface area contributed by atoms with Gasteiger partial charge in [0.25, 0.3) is 0 Å². The quantitative estimate of drug-likeness (QED) is 0.691. The van der Waals surface area contributed by atoms with E-state index in [1.807, 2.05) is 18.2 Å². The lowest BCUT2D eigenvalue weighted by Crippen LogP contribution is -2.03. The fourth-order valence-electron chi connectivity index (χ4n) is 1.34. The Morgan fingerprint density at radius 1 is 1.20 bits per heavy atom. The fraction of sp³-hybridized carbons (Fsp3) is 0.385. The van der Waals surface area contributed by atoms with Gasteiger partial charge in [-0.25, -0.2) is 4.99 Å². The van der Waals surface area contributed by atoms with Crippen LogP contribution >= 0.6 is 0 Å². The molecule has 0 bridgehead atoms. The van der Waals surface area contributed by atoms with Crippen molar-refractivity contribution in [2.45, 2.75) is 33.6 Å². The summed E-state index contributed by atoms with van der Waals surface area (Å²) in [5.74, 6) is 0.443. The molecule has 0 aliphatic heterocycles. The van der Waals surface area contributed by atoms with E-state index in [1.165, 1.54) is 12.5 Å². The van der Waals surface area contributed by atoms with Gasteiger partial charge in [-0.2, -0.15) is 0 Å². The molecule has 0 heterocycles. The average Bonchev–Trinajstić information content (AvgIpc) is 2.18. The molecule has 0 saturated heterocycles. The minimum absolute atomic E-state index is 0.0218. The predicted octanol–water partition coefficient (Wildman–Crippen LogP) is 3.49. The molecule has 0 unspecified atom stereocenters. The normalized spacial score (nSPS) is 11.9. The Balaban J connectivity index is 3.14. The van der Waals surface area contributed by atoms with Gasteiger partial charge in [-0.05, 0) is 24.5 Å². The van der Waals surface area contributed by atoms with Crippen molar-refractivity contribution < 1.29 is 4.79 Å². The highest BCUT2D eigenvalue weighted by Crippen LogP contribution is 2.26. The van der Waals surface area contributed by atoms with E-state index >= 15 is 0 Å². The topological polar surface area (TPSA) is 29.4 Å². The Hall–Kier alpha value is -1.44. The second-order valence-electron chi connectivity index (χ2n) is 3.97. The Kier molecular flexibility index (Phi) is 3.78. The van der Waals surface area contributed by atoms with Crippen LogP contribution in [0.25, 0.3) is 0 Å². The molecule has 0 aromatic heterocycles. The van der Waals surface area contributed by atoms with Gasteiger partial charge in [-0.1, -0.05) is 32.0 Å². The van der Waals surface area contributed by atoms with Crippen molar-refractivity contribution in [3.05, 3.63) is 29.8 Å². The molecular formula is C13H17NO. The van der Waals surface area contributed by atoms with Crippen molar-refractivity contribution >= 4 is 17.2 Å².